The summed E-state index contributed by atoms with van der Waals surface area (Å²) in [6.07, 6.45) is 3.82. The number of hydrogen-bond donors (Lipinski definition) is 1. The molecule has 0 aliphatic heterocycles. The number of hydrogen-bond acceptors (Lipinski definition) is 3. The van der Waals surface area contributed by atoms with Crippen molar-refractivity contribution in [3.63, 3.8) is 0 Å². The molecule has 2 heterocycles. The maximum absolute atomic E-state index is 11.5. The van der Waals surface area contributed by atoms with Crippen LogP contribution in [0, 0.1) is 6.92 Å². The Balaban J connectivity index is 1.70. The van der Waals surface area contributed by atoms with Gasteiger partial charge in [-0.1, -0.05) is 12.1 Å². The van der Waals surface area contributed by atoms with Crippen molar-refractivity contribution in [3.8, 4) is 0 Å². The molecule has 100 valence electrons. The van der Waals surface area contributed by atoms with Crippen LogP contribution in [-0.4, -0.2) is 16.1 Å². The third kappa shape index (κ3) is 4.25. The van der Waals surface area contributed by atoms with E-state index in [1.165, 1.54) is 0 Å². The van der Waals surface area contributed by atoms with E-state index in [4.69, 9.17) is 0 Å². The van der Waals surface area contributed by atoms with Gasteiger partial charge < -0.3 is 9.88 Å². The van der Waals surface area contributed by atoms with Crippen LogP contribution < -0.4 is 10.9 Å². The lowest BCUT2D eigenvalue weighted by Crippen LogP contribution is -2.18. The van der Waals surface area contributed by atoms with E-state index in [0.29, 0.717) is 0 Å². The first-order valence-corrected chi connectivity index (χ1v) is 6.59. The van der Waals surface area contributed by atoms with Gasteiger partial charge in [0, 0.05) is 31.0 Å². The molecule has 4 nitrogen and oxygen atoms in total. The van der Waals surface area contributed by atoms with Crippen LogP contribution in [-0.2, 0) is 6.54 Å². The lowest BCUT2D eigenvalue weighted by Gasteiger charge is -2.07. The van der Waals surface area contributed by atoms with Crippen molar-refractivity contribution < 1.29 is 0 Å². The van der Waals surface area contributed by atoms with Crippen molar-refractivity contribution in [2.45, 2.75) is 26.3 Å². The van der Waals surface area contributed by atoms with E-state index in [1.807, 2.05) is 37.4 Å². The van der Waals surface area contributed by atoms with Crippen LogP contribution in [0.2, 0.25) is 0 Å². The van der Waals surface area contributed by atoms with Crippen LogP contribution in [0.5, 0.6) is 0 Å². The molecule has 0 aromatic carbocycles. The van der Waals surface area contributed by atoms with Crippen molar-refractivity contribution in [1.29, 1.82) is 0 Å². The molecule has 2 aromatic rings. The summed E-state index contributed by atoms with van der Waals surface area (Å²) in [6.45, 7) is 3.62. The van der Waals surface area contributed by atoms with E-state index in [-0.39, 0.29) is 5.56 Å². The number of aryl methyl sites for hydroxylation is 2. The zero-order valence-electron chi connectivity index (χ0n) is 11.2. The summed E-state index contributed by atoms with van der Waals surface area (Å²) in [7, 11) is 0. The van der Waals surface area contributed by atoms with Crippen LogP contribution in [0.15, 0.2) is 47.4 Å². The zero-order valence-corrected chi connectivity index (χ0v) is 11.2. The highest BCUT2D eigenvalue weighted by molar-refractivity contribution is 5.34. The van der Waals surface area contributed by atoms with E-state index in [2.05, 4.69) is 10.3 Å². The summed E-state index contributed by atoms with van der Waals surface area (Å²) in [5.74, 6) is 0.914. The standard InChI is InChI=1S/C15H19N3O/c1-13-7-6-8-14(17-13)16-10-3-5-12-18-11-4-2-9-15(18)19/h2,4,6-9,11H,3,5,10,12H2,1H3,(H,16,17). The molecular formula is C15H19N3O. The Morgan fingerprint density at radius 3 is 2.84 bits per heavy atom. The lowest BCUT2D eigenvalue weighted by molar-refractivity contribution is 0.604. The second kappa shape index (κ2) is 6.73. The van der Waals surface area contributed by atoms with Gasteiger partial charge in [0.2, 0.25) is 5.56 Å². The average Bonchev–Trinajstić information content (AvgIpc) is 2.40. The maximum atomic E-state index is 11.5. The predicted octanol–water partition coefficient (Wildman–Crippen LogP) is 2.44. The van der Waals surface area contributed by atoms with Crippen molar-refractivity contribution in [2.24, 2.45) is 0 Å². The number of rotatable bonds is 6. The van der Waals surface area contributed by atoms with Crippen LogP contribution in [0.3, 0.4) is 0 Å². The summed E-state index contributed by atoms with van der Waals surface area (Å²) >= 11 is 0. The fourth-order valence-corrected chi connectivity index (χ4v) is 1.91. The minimum Gasteiger partial charge on any atom is -0.370 e. The van der Waals surface area contributed by atoms with Crippen molar-refractivity contribution in [1.82, 2.24) is 9.55 Å². The summed E-state index contributed by atoms with van der Waals surface area (Å²) in [5.41, 5.74) is 1.08. The normalized spacial score (nSPS) is 10.4. The second-order valence-electron chi connectivity index (χ2n) is 4.53. The summed E-state index contributed by atoms with van der Waals surface area (Å²) in [5, 5.41) is 3.29. The highest BCUT2D eigenvalue weighted by Gasteiger charge is 1.96. The zero-order chi connectivity index (χ0) is 13.5. The van der Waals surface area contributed by atoms with Crippen LogP contribution in [0.1, 0.15) is 18.5 Å². The predicted molar refractivity (Wildman–Crippen MR) is 77.4 cm³/mol. The minimum absolute atomic E-state index is 0.0656. The van der Waals surface area contributed by atoms with Gasteiger partial charge in [-0.15, -0.1) is 0 Å². The van der Waals surface area contributed by atoms with Gasteiger partial charge in [0.25, 0.3) is 0 Å². The minimum atomic E-state index is 0.0656. The molecule has 0 amide bonds. The Hall–Kier alpha value is -2.10. The second-order valence-corrected chi connectivity index (χ2v) is 4.53. The van der Waals surface area contributed by atoms with E-state index < -0.39 is 0 Å². The van der Waals surface area contributed by atoms with Crippen molar-refractivity contribution in [2.75, 3.05) is 11.9 Å². The topological polar surface area (TPSA) is 46.9 Å². The van der Waals surface area contributed by atoms with E-state index in [0.717, 1.165) is 37.4 Å². The van der Waals surface area contributed by atoms with Crippen LogP contribution in [0.4, 0.5) is 5.82 Å². The average molecular weight is 257 g/mol. The largest absolute Gasteiger partial charge is 0.370 e. The lowest BCUT2D eigenvalue weighted by atomic mass is 10.3. The molecule has 2 aromatic heterocycles. The first-order valence-electron chi connectivity index (χ1n) is 6.59. The number of pyridine rings is 2. The fraction of sp³-hybridized carbons (Fsp3) is 0.333. The molecule has 0 fully saturated rings. The molecule has 0 aliphatic rings. The van der Waals surface area contributed by atoms with Gasteiger partial charge in [-0.05, 0) is 38.0 Å². The molecule has 0 saturated carbocycles. The van der Waals surface area contributed by atoms with Crippen LogP contribution in [0.25, 0.3) is 0 Å². The van der Waals surface area contributed by atoms with E-state index in [1.54, 1.807) is 16.7 Å². The molecule has 2 rings (SSSR count). The monoisotopic (exact) mass is 257 g/mol. The van der Waals surface area contributed by atoms with Gasteiger partial charge in [0.1, 0.15) is 5.82 Å². The van der Waals surface area contributed by atoms with Gasteiger partial charge >= 0.3 is 0 Å². The molecular weight excluding hydrogens is 238 g/mol. The Labute approximate surface area is 113 Å². The number of unbranched alkanes of at least 4 members (excludes halogenated alkanes) is 1. The first-order chi connectivity index (χ1) is 9.25. The molecule has 19 heavy (non-hydrogen) atoms. The molecule has 0 radical (unpaired) electrons. The smallest absolute Gasteiger partial charge is 0.250 e. The summed E-state index contributed by atoms with van der Waals surface area (Å²) in [6, 6.07) is 11.2. The van der Waals surface area contributed by atoms with Gasteiger partial charge in [-0.3, -0.25) is 4.79 Å². The molecule has 0 spiro atoms. The third-order valence-electron chi connectivity index (χ3n) is 2.92. The quantitative estimate of drug-likeness (QED) is 0.809. The molecule has 4 heteroatoms. The van der Waals surface area contributed by atoms with Gasteiger partial charge in [0.15, 0.2) is 0 Å². The Morgan fingerprint density at radius 2 is 2.05 bits per heavy atom. The van der Waals surface area contributed by atoms with Crippen LogP contribution >= 0.6 is 0 Å². The number of anilines is 1. The van der Waals surface area contributed by atoms with E-state index in [9.17, 15) is 4.79 Å². The summed E-state index contributed by atoms with van der Waals surface area (Å²) in [4.78, 5) is 15.9. The van der Waals surface area contributed by atoms with Crippen molar-refractivity contribution in [3.05, 3.63) is 58.6 Å². The number of aromatic nitrogens is 2. The maximum Gasteiger partial charge on any atom is 0.250 e. The highest BCUT2D eigenvalue weighted by atomic mass is 16.1. The number of nitrogens with one attached hydrogen (secondary N) is 1. The molecule has 0 saturated heterocycles. The Bertz CT molecular complexity index is 577. The molecule has 0 aliphatic carbocycles. The van der Waals surface area contributed by atoms with Gasteiger partial charge in [0.05, 0.1) is 0 Å². The van der Waals surface area contributed by atoms with Crippen molar-refractivity contribution >= 4 is 5.82 Å². The van der Waals surface area contributed by atoms with Gasteiger partial charge in [-0.25, -0.2) is 4.98 Å². The molecule has 0 atom stereocenters. The Morgan fingerprint density at radius 1 is 1.16 bits per heavy atom. The first kappa shape index (κ1) is 13.3. The molecule has 0 unspecified atom stereocenters. The SMILES string of the molecule is Cc1cccc(NCCCCn2ccccc2=O)n1. The Kier molecular flexibility index (Phi) is 4.72. The van der Waals surface area contributed by atoms with E-state index >= 15 is 0 Å². The third-order valence-corrected chi connectivity index (χ3v) is 2.92. The molecule has 0 bridgehead atoms. The highest BCUT2D eigenvalue weighted by Crippen LogP contribution is 2.04. The summed E-state index contributed by atoms with van der Waals surface area (Å²) < 4.78 is 1.74. The number of nitrogens with zero attached hydrogens (tertiary/aromatic N) is 2. The van der Waals surface area contributed by atoms with Gasteiger partial charge in [-0.2, -0.15) is 0 Å². The molecule has 1 N–H and O–H groups in total. The fourth-order valence-electron chi connectivity index (χ4n) is 1.91.